The molecule has 0 spiro atoms. The van der Waals surface area contributed by atoms with E-state index in [2.05, 4.69) is 0 Å². The van der Waals surface area contributed by atoms with Crippen LogP contribution in [0.15, 0.2) is 0 Å². The molecular formula is C14H25NO3. The van der Waals surface area contributed by atoms with Gasteiger partial charge in [0, 0.05) is 26.4 Å². The van der Waals surface area contributed by atoms with Crippen LogP contribution in [0.25, 0.3) is 0 Å². The molecule has 1 rings (SSSR count). The number of Topliss-reactive ketones (excluding diaryl/α,β-unsaturated/α-hetero) is 1. The third kappa shape index (κ3) is 6.62. The average molecular weight is 255 g/mol. The van der Waals surface area contributed by atoms with Crippen LogP contribution in [0.2, 0.25) is 0 Å². The van der Waals surface area contributed by atoms with Crippen molar-refractivity contribution in [3.05, 3.63) is 0 Å². The summed E-state index contributed by atoms with van der Waals surface area (Å²) in [6, 6.07) is 0. The van der Waals surface area contributed by atoms with Crippen molar-refractivity contribution in [3.63, 3.8) is 0 Å². The van der Waals surface area contributed by atoms with Gasteiger partial charge >= 0.3 is 6.09 Å². The summed E-state index contributed by atoms with van der Waals surface area (Å²) in [6.45, 7) is 5.94. The summed E-state index contributed by atoms with van der Waals surface area (Å²) in [5.41, 5.74) is -0.485. The third-order valence-electron chi connectivity index (χ3n) is 2.96. The number of hydrogen-bond donors (Lipinski definition) is 0. The van der Waals surface area contributed by atoms with Crippen LogP contribution in [-0.2, 0) is 9.53 Å². The van der Waals surface area contributed by atoms with Crippen LogP contribution in [0.4, 0.5) is 4.79 Å². The Morgan fingerprint density at radius 3 is 2.33 bits per heavy atom. The lowest BCUT2D eigenvalue weighted by molar-refractivity contribution is -0.119. The predicted octanol–water partition coefficient (Wildman–Crippen LogP) is 3.00. The maximum absolute atomic E-state index is 11.6. The van der Waals surface area contributed by atoms with Crippen molar-refractivity contribution in [2.45, 2.75) is 58.5 Å². The van der Waals surface area contributed by atoms with Gasteiger partial charge in [-0.05, 0) is 33.1 Å². The number of amides is 1. The van der Waals surface area contributed by atoms with E-state index in [1.807, 2.05) is 20.8 Å². The molecule has 4 heteroatoms. The second kappa shape index (κ2) is 6.21. The summed E-state index contributed by atoms with van der Waals surface area (Å²) >= 11 is 0. The number of rotatable bonds is 6. The van der Waals surface area contributed by atoms with E-state index in [0.717, 1.165) is 12.3 Å². The highest BCUT2D eigenvalue weighted by Gasteiger charge is 2.22. The zero-order valence-electron chi connectivity index (χ0n) is 12.0. The molecule has 1 aliphatic rings. The number of ketones is 1. The highest BCUT2D eigenvalue weighted by atomic mass is 16.6. The first-order valence-electron chi connectivity index (χ1n) is 6.74. The summed E-state index contributed by atoms with van der Waals surface area (Å²) in [7, 11) is 1.67. The van der Waals surface area contributed by atoms with Crippen molar-refractivity contribution in [1.82, 2.24) is 4.90 Å². The van der Waals surface area contributed by atoms with Crippen molar-refractivity contribution < 1.29 is 14.3 Å². The quantitative estimate of drug-likeness (QED) is 0.733. The number of carbonyl (C=O) groups is 2. The smallest absolute Gasteiger partial charge is 0.410 e. The fourth-order valence-electron chi connectivity index (χ4n) is 1.62. The number of nitrogens with zero attached hydrogens (tertiary/aromatic N) is 1. The zero-order chi connectivity index (χ0) is 13.8. The van der Waals surface area contributed by atoms with Crippen LogP contribution in [0.5, 0.6) is 0 Å². The van der Waals surface area contributed by atoms with Crippen molar-refractivity contribution in [1.29, 1.82) is 0 Å². The number of carbonyl (C=O) groups excluding carboxylic acids is 2. The van der Waals surface area contributed by atoms with E-state index in [9.17, 15) is 9.59 Å². The van der Waals surface area contributed by atoms with Gasteiger partial charge in [0.1, 0.15) is 11.4 Å². The molecule has 1 saturated carbocycles. The van der Waals surface area contributed by atoms with Crippen molar-refractivity contribution >= 4 is 11.9 Å². The molecule has 0 atom stereocenters. The third-order valence-corrected chi connectivity index (χ3v) is 2.96. The van der Waals surface area contributed by atoms with Crippen LogP contribution in [-0.4, -0.2) is 36.0 Å². The molecule has 0 N–H and O–H groups in total. The van der Waals surface area contributed by atoms with Crippen LogP contribution >= 0.6 is 0 Å². The van der Waals surface area contributed by atoms with Gasteiger partial charge in [-0.3, -0.25) is 4.79 Å². The van der Waals surface area contributed by atoms with Crippen molar-refractivity contribution in [2.75, 3.05) is 13.6 Å². The SMILES string of the molecule is CN(CCC(=O)CCC1CC1)C(=O)OC(C)(C)C. The van der Waals surface area contributed by atoms with Gasteiger partial charge in [-0.15, -0.1) is 0 Å². The second-order valence-corrected chi connectivity index (χ2v) is 6.17. The van der Waals surface area contributed by atoms with Crippen LogP contribution in [0.1, 0.15) is 52.9 Å². The largest absolute Gasteiger partial charge is 0.444 e. The van der Waals surface area contributed by atoms with E-state index in [1.54, 1.807) is 7.05 Å². The molecule has 0 aliphatic heterocycles. The molecule has 0 bridgehead atoms. The van der Waals surface area contributed by atoms with Gasteiger partial charge in [0.05, 0.1) is 0 Å². The maximum Gasteiger partial charge on any atom is 0.410 e. The van der Waals surface area contributed by atoms with E-state index in [4.69, 9.17) is 4.74 Å². The predicted molar refractivity (Wildman–Crippen MR) is 70.4 cm³/mol. The molecule has 0 aromatic heterocycles. The summed E-state index contributed by atoms with van der Waals surface area (Å²) in [4.78, 5) is 24.7. The Morgan fingerprint density at radius 1 is 1.22 bits per heavy atom. The highest BCUT2D eigenvalue weighted by Crippen LogP contribution is 2.33. The topological polar surface area (TPSA) is 46.6 Å². The van der Waals surface area contributed by atoms with E-state index in [1.165, 1.54) is 17.7 Å². The van der Waals surface area contributed by atoms with Gasteiger partial charge in [0.15, 0.2) is 0 Å². The van der Waals surface area contributed by atoms with E-state index in [-0.39, 0.29) is 11.9 Å². The Bertz CT molecular complexity index is 303. The summed E-state index contributed by atoms with van der Waals surface area (Å²) in [6.07, 6.45) is 4.32. The van der Waals surface area contributed by atoms with Crippen LogP contribution in [0, 0.1) is 5.92 Å². The molecule has 1 aliphatic carbocycles. The first-order valence-corrected chi connectivity index (χ1v) is 6.74. The molecule has 0 aromatic carbocycles. The van der Waals surface area contributed by atoms with Gasteiger partial charge in [-0.25, -0.2) is 4.79 Å². The molecule has 104 valence electrons. The maximum atomic E-state index is 11.6. The van der Waals surface area contributed by atoms with E-state index in [0.29, 0.717) is 19.4 Å². The molecule has 18 heavy (non-hydrogen) atoms. The molecule has 0 unspecified atom stereocenters. The highest BCUT2D eigenvalue weighted by molar-refractivity contribution is 5.79. The number of ether oxygens (including phenoxy) is 1. The minimum Gasteiger partial charge on any atom is -0.444 e. The Hall–Kier alpha value is -1.06. The minimum atomic E-state index is -0.485. The molecule has 4 nitrogen and oxygen atoms in total. The Kier molecular flexibility index (Phi) is 5.17. The minimum absolute atomic E-state index is 0.248. The Morgan fingerprint density at radius 2 is 1.83 bits per heavy atom. The van der Waals surface area contributed by atoms with Gasteiger partial charge in [0.2, 0.25) is 0 Å². The molecule has 1 fully saturated rings. The normalized spacial score (nSPS) is 15.3. The lowest BCUT2D eigenvalue weighted by Crippen LogP contribution is -2.35. The molecule has 0 aromatic rings. The first-order chi connectivity index (χ1) is 8.28. The van der Waals surface area contributed by atoms with Gasteiger partial charge < -0.3 is 9.64 Å². The Labute approximate surface area is 110 Å². The lowest BCUT2D eigenvalue weighted by atomic mass is 10.1. The van der Waals surface area contributed by atoms with Crippen molar-refractivity contribution in [2.24, 2.45) is 5.92 Å². The van der Waals surface area contributed by atoms with Crippen LogP contribution in [0.3, 0.4) is 0 Å². The second-order valence-electron chi connectivity index (χ2n) is 6.17. The molecule has 1 amide bonds. The molecule has 0 radical (unpaired) electrons. The Balaban J connectivity index is 2.16. The summed E-state index contributed by atoms with van der Waals surface area (Å²) in [5.74, 6) is 1.04. The van der Waals surface area contributed by atoms with Crippen molar-refractivity contribution in [3.8, 4) is 0 Å². The molecular weight excluding hydrogens is 230 g/mol. The first kappa shape index (κ1) is 15.0. The zero-order valence-corrected chi connectivity index (χ0v) is 12.0. The standard InChI is InChI=1S/C14H25NO3/c1-14(2,3)18-13(17)15(4)10-9-12(16)8-7-11-5-6-11/h11H,5-10H2,1-4H3. The summed E-state index contributed by atoms with van der Waals surface area (Å²) < 4.78 is 5.22. The lowest BCUT2D eigenvalue weighted by Gasteiger charge is -2.24. The number of hydrogen-bond acceptors (Lipinski definition) is 3. The fraction of sp³-hybridized carbons (Fsp3) is 0.857. The van der Waals surface area contributed by atoms with E-state index >= 15 is 0 Å². The molecule has 0 saturated heterocycles. The van der Waals surface area contributed by atoms with E-state index < -0.39 is 5.60 Å². The average Bonchev–Trinajstić information content (AvgIpc) is 3.04. The van der Waals surface area contributed by atoms with Gasteiger partial charge in [-0.1, -0.05) is 12.8 Å². The van der Waals surface area contributed by atoms with Crippen LogP contribution < -0.4 is 0 Å². The fourth-order valence-corrected chi connectivity index (χ4v) is 1.62. The van der Waals surface area contributed by atoms with Gasteiger partial charge in [0.25, 0.3) is 0 Å². The monoisotopic (exact) mass is 255 g/mol. The van der Waals surface area contributed by atoms with Gasteiger partial charge in [-0.2, -0.15) is 0 Å². The molecule has 0 heterocycles. The summed E-state index contributed by atoms with van der Waals surface area (Å²) in [5, 5.41) is 0.